The molecule has 2 amide bonds. The zero-order valence-corrected chi connectivity index (χ0v) is 18.6. The first-order valence-corrected chi connectivity index (χ1v) is 10.6. The number of carbonyl (C=O) groups is 2. The Labute approximate surface area is 186 Å². The van der Waals surface area contributed by atoms with Crippen molar-refractivity contribution < 1.29 is 22.8 Å². The fraction of sp³-hybridized carbons (Fsp3) is 0.591. The summed E-state index contributed by atoms with van der Waals surface area (Å²) in [6.07, 6.45) is -4.49. The van der Waals surface area contributed by atoms with Gasteiger partial charge in [-0.1, -0.05) is 26.0 Å². The Balaban J connectivity index is 2.20. The fourth-order valence-corrected chi connectivity index (χ4v) is 3.56. The molecule has 1 unspecified atom stereocenters. The van der Waals surface area contributed by atoms with E-state index in [1.807, 2.05) is 7.05 Å². The quantitative estimate of drug-likeness (QED) is 0.590. The van der Waals surface area contributed by atoms with Gasteiger partial charge < -0.3 is 15.1 Å². The zero-order valence-electron chi connectivity index (χ0n) is 18.6. The standard InChI is InChI=1S/C22H30F3N5O2/c1-15(2)14-18(20(31)27-9-8-26)28-19(22(23,24)25)16-4-6-17(7-5-16)21(32)30-12-10-29(3)11-13-30/h4-7,15,18-19,28H,9-14H2,1-3H3,(H,27,31)/t18-,19?/m0/s1. The van der Waals surface area contributed by atoms with Crippen molar-refractivity contribution in [3.05, 3.63) is 35.4 Å². The van der Waals surface area contributed by atoms with E-state index in [4.69, 9.17) is 5.26 Å². The lowest BCUT2D eigenvalue weighted by molar-refractivity contribution is -0.161. The number of halogens is 3. The molecule has 0 saturated carbocycles. The predicted octanol–water partition coefficient (Wildman–Crippen LogP) is 2.32. The van der Waals surface area contributed by atoms with Crippen LogP contribution in [0.1, 0.15) is 42.2 Å². The van der Waals surface area contributed by atoms with E-state index in [9.17, 15) is 22.8 Å². The lowest BCUT2D eigenvalue weighted by Crippen LogP contribution is -2.49. The molecule has 2 N–H and O–H groups in total. The van der Waals surface area contributed by atoms with Gasteiger partial charge in [0.15, 0.2) is 0 Å². The molecule has 2 atom stereocenters. The minimum Gasteiger partial charge on any atom is -0.342 e. The number of alkyl halides is 3. The number of carbonyl (C=O) groups excluding carboxylic acids is 2. The molecule has 1 aromatic rings. The van der Waals surface area contributed by atoms with E-state index in [1.54, 1.807) is 24.8 Å². The second-order valence-electron chi connectivity index (χ2n) is 8.42. The van der Waals surface area contributed by atoms with E-state index >= 15 is 0 Å². The van der Waals surface area contributed by atoms with E-state index in [0.29, 0.717) is 18.7 Å². The number of likely N-dealkylation sites (N-methyl/N-ethyl adjacent to an activating group) is 1. The third kappa shape index (κ3) is 7.21. The van der Waals surface area contributed by atoms with Gasteiger partial charge in [-0.3, -0.25) is 14.9 Å². The number of amides is 2. The third-order valence-corrected chi connectivity index (χ3v) is 5.34. The molecular formula is C22H30F3N5O2. The molecule has 0 bridgehead atoms. The number of hydrogen-bond acceptors (Lipinski definition) is 5. The van der Waals surface area contributed by atoms with Crippen LogP contribution in [0.5, 0.6) is 0 Å². The summed E-state index contributed by atoms with van der Waals surface area (Å²) in [6.45, 7) is 5.94. The summed E-state index contributed by atoms with van der Waals surface area (Å²) >= 11 is 0. The lowest BCUT2D eigenvalue weighted by atomic mass is 9.98. The van der Waals surface area contributed by atoms with Gasteiger partial charge in [-0.2, -0.15) is 18.4 Å². The van der Waals surface area contributed by atoms with Gasteiger partial charge in [0.2, 0.25) is 5.91 Å². The highest BCUT2D eigenvalue weighted by Gasteiger charge is 2.43. The molecule has 1 fully saturated rings. The summed E-state index contributed by atoms with van der Waals surface area (Å²) in [4.78, 5) is 28.8. The summed E-state index contributed by atoms with van der Waals surface area (Å²) < 4.78 is 41.6. The van der Waals surface area contributed by atoms with Crippen molar-refractivity contribution in [3.8, 4) is 6.07 Å². The maximum absolute atomic E-state index is 13.9. The van der Waals surface area contributed by atoms with Crippen LogP contribution in [0, 0.1) is 17.2 Å². The topological polar surface area (TPSA) is 88.5 Å². The molecule has 2 rings (SSSR count). The van der Waals surface area contributed by atoms with Gasteiger partial charge in [-0.05, 0) is 37.1 Å². The smallest absolute Gasteiger partial charge is 0.342 e. The Kier molecular flexibility index (Phi) is 9.04. The molecule has 1 aliphatic heterocycles. The van der Waals surface area contributed by atoms with Crippen LogP contribution in [-0.2, 0) is 4.79 Å². The van der Waals surface area contributed by atoms with E-state index in [2.05, 4.69) is 15.5 Å². The molecule has 10 heteroatoms. The molecule has 1 aliphatic rings. The molecular weight excluding hydrogens is 423 g/mol. The van der Waals surface area contributed by atoms with Crippen LogP contribution in [-0.4, -0.2) is 73.6 Å². The van der Waals surface area contributed by atoms with E-state index < -0.39 is 24.2 Å². The van der Waals surface area contributed by atoms with Crippen LogP contribution in [0.3, 0.4) is 0 Å². The molecule has 0 radical (unpaired) electrons. The predicted molar refractivity (Wildman–Crippen MR) is 114 cm³/mol. The molecule has 32 heavy (non-hydrogen) atoms. The summed E-state index contributed by atoms with van der Waals surface area (Å²) in [5.74, 6) is -0.913. The van der Waals surface area contributed by atoms with Crippen molar-refractivity contribution in [3.63, 3.8) is 0 Å². The maximum Gasteiger partial charge on any atom is 0.407 e. The second kappa shape index (κ2) is 11.3. The molecule has 0 aromatic heterocycles. The van der Waals surface area contributed by atoms with Crippen molar-refractivity contribution >= 4 is 11.8 Å². The number of rotatable bonds is 8. The highest BCUT2D eigenvalue weighted by Crippen LogP contribution is 2.34. The Bertz CT molecular complexity index is 812. The molecule has 7 nitrogen and oxygen atoms in total. The molecule has 1 heterocycles. The number of hydrogen-bond donors (Lipinski definition) is 2. The maximum atomic E-state index is 13.9. The number of nitrogens with zero attached hydrogens (tertiary/aromatic N) is 3. The third-order valence-electron chi connectivity index (χ3n) is 5.34. The molecule has 1 aromatic carbocycles. The second-order valence-corrected chi connectivity index (χ2v) is 8.42. The SMILES string of the molecule is CC(C)C[C@H](NC(c1ccc(C(=O)N2CCN(C)CC2)cc1)C(F)(F)F)C(=O)NCC#N. The van der Waals surface area contributed by atoms with E-state index in [1.165, 1.54) is 24.3 Å². The molecule has 0 spiro atoms. The van der Waals surface area contributed by atoms with Crippen molar-refractivity contribution in [2.45, 2.75) is 38.5 Å². The Morgan fingerprint density at radius 3 is 2.22 bits per heavy atom. The minimum atomic E-state index is -4.66. The monoisotopic (exact) mass is 453 g/mol. The van der Waals surface area contributed by atoms with E-state index in [0.717, 1.165) is 13.1 Å². The molecule has 1 saturated heterocycles. The number of nitriles is 1. The van der Waals surface area contributed by atoms with Crippen LogP contribution in [0.4, 0.5) is 13.2 Å². The Morgan fingerprint density at radius 2 is 1.72 bits per heavy atom. The molecule has 0 aliphatic carbocycles. The average Bonchev–Trinajstić information content (AvgIpc) is 2.74. The van der Waals surface area contributed by atoms with Crippen LogP contribution in [0.15, 0.2) is 24.3 Å². The van der Waals surface area contributed by atoms with Crippen molar-refractivity contribution in [1.29, 1.82) is 5.26 Å². The average molecular weight is 454 g/mol. The summed E-state index contributed by atoms with van der Waals surface area (Å²) in [5.41, 5.74) is 0.235. The highest BCUT2D eigenvalue weighted by atomic mass is 19.4. The van der Waals surface area contributed by atoms with Gasteiger partial charge in [0.1, 0.15) is 12.6 Å². The minimum absolute atomic E-state index is 0.0437. The zero-order chi connectivity index (χ0) is 23.9. The largest absolute Gasteiger partial charge is 0.407 e. The summed E-state index contributed by atoms with van der Waals surface area (Å²) in [7, 11) is 1.97. The van der Waals surface area contributed by atoms with Gasteiger partial charge in [0, 0.05) is 31.7 Å². The number of piperazine rings is 1. The van der Waals surface area contributed by atoms with Crippen molar-refractivity contribution in [2.75, 3.05) is 39.8 Å². The van der Waals surface area contributed by atoms with Gasteiger partial charge >= 0.3 is 6.18 Å². The first-order valence-electron chi connectivity index (χ1n) is 10.6. The van der Waals surface area contributed by atoms with Crippen molar-refractivity contribution in [1.82, 2.24) is 20.4 Å². The van der Waals surface area contributed by atoms with Crippen molar-refractivity contribution in [2.24, 2.45) is 5.92 Å². The van der Waals surface area contributed by atoms with Gasteiger partial charge in [0.25, 0.3) is 5.91 Å². The van der Waals surface area contributed by atoms with E-state index in [-0.39, 0.29) is 30.4 Å². The molecule has 176 valence electrons. The first kappa shape index (κ1) is 25.6. The van der Waals surface area contributed by atoms with Gasteiger partial charge in [0.05, 0.1) is 12.1 Å². The van der Waals surface area contributed by atoms with Crippen LogP contribution < -0.4 is 10.6 Å². The number of benzene rings is 1. The first-order chi connectivity index (χ1) is 15.0. The summed E-state index contributed by atoms with van der Waals surface area (Å²) in [6, 6.07) is 3.86. The fourth-order valence-electron chi connectivity index (χ4n) is 3.56. The normalized spacial score (nSPS) is 17.0. The highest BCUT2D eigenvalue weighted by molar-refractivity contribution is 5.94. The Hall–Kier alpha value is -2.64. The summed E-state index contributed by atoms with van der Waals surface area (Å²) in [5, 5.41) is 13.4. The Morgan fingerprint density at radius 1 is 1.12 bits per heavy atom. The van der Waals surface area contributed by atoms with Gasteiger partial charge in [-0.15, -0.1) is 0 Å². The van der Waals surface area contributed by atoms with Crippen LogP contribution >= 0.6 is 0 Å². The van der Waals surface area contributed by atoms with Crippen LogP contribution in [0.25, 0.3) is 0 Å². The number of nitrogens with one attached hydrogen (secondary N) is 2. The van der Waals surface area contributed by atoms with Gasteiger partial charge in [-0.25, -0.2) is 0 Å². The lowest BCUT2D eigenvalue weighted by Gasteiger charge is -2.32. The van der Waals surface area contributed by atoms with Crippen LogP contribution in [0.2, 0.25) is 0 Å².